The van der Waals surface area contributed by atoms with Crippen LogP contribution in [0, 0.1) is 11.8 Å². The number of carbonyl (C=O) groups excluding carboxylic acids is 1. The molecule has 0 atom stereocenters. The number of rotatable bonds is 1. The van der Waals surface area contributed by atoms with Gasteiger partial charge in [-0.05, 0) is 26.0 Å². The smallest absolute Gasteiger partial charge is 0.267 e. The van der Waals surface area contributed by atoms with Crippen molar-refractivity contribution in [2.45, 2.75) is 13.8 Å². The van der Waals surface area contributed by atoms with Crippen LogP contribution >= 0.6 is 0 Å². The molecule has 1 aromatic carbocycles. The molecule has 2 nitrogen and oxygen atoms in total. The summed E-state index contributed by atoms with van der Waals surface area (Å²) in [6, 6.07) is 8.95. The Hall–Kier alpha value is -1.88. The van der Waals surface area contributed by atoms with E-state index in [4.69, 9.17) is 0 Å². The summed E-state index contributed by atoms with van der Waals surface area (Å²) >= 11 is 0. The van der Waals surface area contributed by atoms with Crippen molar-refractivity contribution in [1.82, 2.24) is 0 Å². The topological polar surface area (TPSA) is 29.4 Å². The summed E-state index contributed by atoms with van der Waals surface area (Å²) in [6.45, 7) is 3.43. The zero-order valence-electron chi connectivity index (χ0n) is 8.24. The molecule has 0 aliphatic heterocycles. The third-order valence-corrected chi connectivity index (χ3v) is 1.60. The Bertz CT molecular complexity index is 407. The predicted octanol–water partition coefficient (Wildman–Crippen LogP) is 2.31. The second kappa shape index (κ2) is 4.98. The number of hydrogen-bond donors (Lipinski definition) is 0. The fourth-order valence-corrected chi connectivity index (χ4v) is 1.01. The van der Waals surface area contributed by atoms with Crippen molar-refractivity contribution >= 4 is 11.6 Å². The van der Waals surface area contributed by atoms with Gasteiger partial charge in [-0.15, -0.1) is 5.92 Å². The highest BCUT2D eigenvalue weighted by Crippen LogP contribution is 2.00. The number of nitrogens with zero attached hydrogens (tertiary/aromatic N) is 1. The van der Waals surface area contributed by atoms with Crippen molar-refractivity contribution < 1.29 is 4.79 Å². The van der Waals surface area contributed by atoms with Gasteiger partial charge in [-0.25, -0.2) is 4.99 Å². The van der Waals surface area contributed by atoms with Gasteiger partial charge in [0.2, 0.25) is 0 Å². The molecule has 1 rings (SSSR count). The van der Waals surface area contributed by atoms with Crippen LogP contribution < -0.4 is 0 Å². The Balaban J connectivity index is 2.86. The van der Waals surface area contributed by atoms with E-state index in [1.165, 1.54) is 0 Å². The van der Waals surface area contributed by atoms with E-state index in [1.807, 2.05) is 18.2 Å². The van der Waals surface area contributed by atoms with Gasteiger partial charge < -0.3 is 0 Å². The van der Waals surface area contributed by atoms with E-state index in [-0.39, 0.29) is 5.91 Å². The third-order valence-electron chi connectivity index (χ3n) is 1.60. The van der Waals surface area contributed by atoms with E-state index in [2.05, 4.69) is 16.8 Å². The van der Waals surface area contributed by atoms with E-state index in [0.717, 1.165) is 0 Å². The lowest BCUT2D eigenvalue weighted by Gasteiger charge is -1.93. The molecule has 0 N–H and O–H groups in total. The third kappa shape index (κ3) is 2.87. The minimum absolute atomic E-state index is 0.245. The molecule has 0 spiro atoms. The summed E-state index contributed by atoms with van der Waals surface area (Å²) in [4.78, 5) is 15.3. The number of hydrogen-bond acceptors (Lipinski definition) is 1. The molecule has 70 valence electrons. The summed E-state index contributed by atoms with van der Waals surface area (Å²) in [5.41, 5.74) is 1.13. The average Bonchev–Trinajstić information content (AvgIpc) is 2.19. The Labute approximate surface area is 83.7 Å². The Morgan fingerprint density at radius 1 is 1.29 bits per heavy atom. The highest BCUT2D eigenvalue weighted by molar-refractivity contribution is 6.09. The standard InChI is InChI=1S/C12H11NO/c1-3-7-10(2)13-12(14)11-8-5-4-6-9-11/h4-6,8-9H,1-2H3. The van der Waals surface area contributed by atoms with Crippen LogP contribution in [-0.4, -0.2) is 11.6 Å². The lowest BCUT2D eigenvalue weighted by atomic mass is 10.2. The maximum absolute atomic E-state index is 11.5. The first-order valence-electron chi connectivity index (χ1n) is 4.31. The molecule has 0 aliphatic carbocycles. The summed E-state index contributed by atoms with van der Waals surface area (Å²) in [7, 11) is 0. The van der Waals surface area contributed by atoms with Crippen LogP contribution in [0.25, 0.3) is 0 Å². The van der Waals surface area contributed by atoms with Crippen LogP contribution in [0.5, 0.6) is 0 Å². The molecule has 0 fully saturated rings. The Morgan fingerprint density at radius 3 is 2.50 bits per heavy atom. The van der Waals surface area contributed by atoms with Crippen LogP contribution in [0.1, 0.15) is 24.2 Å². The Morgan fingerprint density at radius 2 is 1.93 bits per heavy atom. The van der Waals surface area contributed by atoms with Crippen molar-refractivity contribution in [2.75, 3.05) is 0 Å². The minimum Gasteiger partial charge on any atom is -0.267 e. The van der Waals surface area contributed by atoms with Crippen molar-refractivity contribution in [3.05, 3.63) is 35.9 Å². The second-order valence-electron chi connectivity index (χ2n) is 2.74. The molecule has 0 unspecified atom stereocenters. The zero-order chi connectivity index (χ0) is 10.4. The van der Waals surface area contributed by atoms with Crippen molar-refractivity contribution in [3.63, 3.8) is 0 Å². The molecule has 0 aliphatic rings. The van der Waals surface area contributed by atoms with E-state index in [0.29, 0.717) is 11.3 Å². The van der Waals surface area contributed by atoms with Gasteiger partial charge in [-0.3, -0.25) is 4.79 Å². The molecule has 0 aromatic heterocycles. The molecule has 1 amide bonds. The number of aliphatic imine (C=N–C) groups is 1. The monoisotopic (exact) mass is 185 g/mol. The predicted molar refractivity (Wildman–Crippen MR) is 57.3 cm³/mol. The normalized spacial score (nSPS) is 10.3. The maximum atomic E-state index is 11.5. The largest absolute Gasteiger partial charge is 0.277 e. The molecule has 0 radical (unpaired) electrons. The minimum atomic E-state index is -0.245. The van der Waals surface area contributed by atoms with Crippen molar-refractivity contribution in [2.24, 2.45) is 4.99 Å². The molecule has 0 bridgehead atoms. The van der Waals surface area contributed by atoms with E-state index in [1.54, 1.807) is 26.0 Å². The highest BCUT2D eigenvalue weighted by atomic mass is 16.1. The lowest BCUT2D eigenvalue weighted by Crippen LogP contribution is -1.98. The molecular weight excluding hydrogens is 174 g/mol. The van der Waals surface area contributed by atoms with Crippen LogP contribution in [-0.2, 0) is 0 Å². The van der Waals surface area contributed by atoms with Crippen LogP contribution in [0.15, 0.2) is 35.3 Å². The zero-order valence-corrected chi connectivity index (χ0v) is 8.24. The van der Waals surface area contributed by atoms with Crippen LogP contribution in [0.2, 0.25) is 0 Å². The molecule has 0 heterocycles. The van der Waals surface area contributed by atoms with Gasteiger partial charge in [0.05, 0.1) is 5.71 Å². The first-order chi connectivity index (χ1) is 6.74. The number of benzene rings is 1. The van der Waals surface area contributed by atoms with Gasteiger partial charge in [0.15, 0.2) is 0 Å². The molecule has 1 aromatic rings. The van der Waals surface area contributed by atoms with Gasteiger partial charge in [0.1, 0.15) is 0 Å². The first-order valence-corrected chi connectivity index (χ1v) is 4.31. The number of amides is 1. The van der Waals surface area contributed by atoms with Gasteiger partial charge in [0.25, 0.3) is 5.91 Å². The quantitative estimate of drug-likeness (QED) is 0.487. The molecular formula is C12H11NO. The summed E-state index contributed by atoms with van der Waals surface area (Å²) < 4.78 is 0. The summed E-state index contributed by atoms with van der Waals surface area (Å²) in [5, 5.41) is 0. The number of carbonyl (C=O) groups is 1. The van der Waals surface area contributed by atoms with Crippen molar-refractivity contribution in [1.29, 1.82) is 0 Å². The summed E-state index contributed by atoms with van der Waals surface area (Å²) in [6.07, 6.45) is 0. The fourth-order valence-electron chi connectivity index (χ4n) is 1.01. The molecule has 2 heteroatoms. The first kappa shape index (κ1) is 10.2. The van der Waals surface area contributed by atoms with Gasteiger partial charge >= 0.3 is 0 Å². The second-order valence-corrected chi connectivity index (χ2v) is 2.74. The van der Waals surface area contributed by atoms with Gasteiger partial charge in [0, 0.05) is 5.56 Å². The Kier molecular flexibility index (Phi) is 3.63. The van der Waals surface area contributed by atoms with E-state index >= 15 is 0 Å². The fraction of sp³-hybridized carbons (Fsp3) is 0.167. The van der Waals surface area contributed by atoms with E-state index in [9.17, 15) is 4.79 Å². The molecule has 0 saturated heterocycles. The lowest BCUT2D eigenvalue weighted by molar-refractivity contribution is 0.100. The van der Waals surface area contributed by atoms with E-state index < -0.39 is 0 Å². The van der Waals surface area contributed by atoms with Crippen LogP contribution in [0.4, 0.5) is 0 Å². The highest BCUT2D eigenvalue weighted by Gasteiger charge is 2.01. The van der Waals surface area contributed by atoms with Crippen molar-refractivity contribution in [3.8, 4) is 11.8 Å². The van der Waals surface area contributed by atoms with Crippen LogP contribution in [0.3, 0.4) is 0 Å². The molecule has 0 saturated carbocycles. The summed E-state index contributed by atoms with van der Waals surface area (Å²) in [5.74, 6) is 5.17. The SMILES string of the molecule is CC#CC(C)=NC(=O)c1ccccc1. The molecule has 14 heavy (non-hydrogen) atoms. The maximum Gasteiger partial charge on any atom is 0.277 e. The van der Waals surface area contributed by atoms with Gasteiger partial charge in [-0.1, -0.05) is 24.1 Å². The average molecular weight is 185 g/mol. The van der Waals surface area contributed by atoms with Gasteiger partial charge in [-0.2, -0.15) is 0 Å².